The molecule has 1 aromatic carbocycles. The van der Waals surface area contributed by atoms with E-state index in [0.29, 0.717) is 5.92 Å². The van der Waals surface area contributed by atoms with Gasteiger partial charge in [-0.25, -0.2) is 0 Å². The lowest BCUT2D eigenvalue weighted by molar-refractivity contribution is 0.0350. The van der Waals surface area contributed by atoms with Crippen LogP contribution in [-0.2, 0) is 0 Å². The van der Waals surface area contributed by atoms with Crippen molar-refractivity contribution < 1.29 is 4.79 Å². The molecule has 2 fully saturated rings. The van der Waals surface area contributed by atoms with E-state index in [0.717, 1.165) is 24.2 Å². The molecule has 1 saturated heterocycles. The topological polar surface area (TPSA) is 46.3 Å². The smallest absolute Gasteiger partial charge is 0.254 e. The van der Waals surface area contributed by atoms with Crippen molar-refractivity contribution in [1.29, 1.82) is 0 Å². The number of carbonyl (C=O) groups excluding carboxylic acids is 1. The largest absolute Gasteiger partial charge is 0.335 e. The number of nitrogens with zero attached hydrogens (tertiary/aromatic N) is 1. The van der Waals surface area contributed by atoms with E-state index in [9.17, 15) is 4.79 Å². The van der Waals surface area contributed by atoms with Gasteiger partial charge < -0.3 is 10.6 Å². The molecule has 0 spiro atoms. The van der Waals surface area contributed by atoms with Crippen molar-refractivity contribution >= 4 is 5.91 Å². The number of rotatable bonds is 2. The van der Waals surface area contributed by atoms with Crippen LogP contribution >= 0.6 is 0 Å². The predicted octanol–water partition coefficient (Wildman–Crippen LogP) is 1.87. The molecular weight excluding hydrogens is 224 g/mol. The first-order valence-electron chi connectivity index (χ1n) is 6.66. The van der Waals surface area contributed by atoms with E-state index in [-0.39, 0.29) is 11.4 Å². The van der Waals surface area contributed by atoms with Crippen LogP contribution in [0.5, 0.6) is 0 Å². The monoisotopic (exact) mass is 244 g/mol. The Morgan fingerprint density at radius 3 is 2.61 bits per heavy atom. The van der Waals surface area contributed by atoms with Gasteiger partial charge in [0.25, 0.3) is 5.91 Å². The van der Waals surface area contributed by atoms with Gasteiger partial charge in [-0.1, -0.05) is 12.1 Å². The summed E-state index contributed by atoms with van der Waals surface area (Å²) in [5.41, 5.74) is 9.28. The minimum Gasteiger partial charge on any atom is -0.335 e. The van der Waals surface area contributed by atoms with Crippen molar-refractivity contribution in [3.8, 4) is 0 Å². The van der Waals surface area contributed by atoms with E-state index in [1.807, 2.05) is 36.9 Å². The molecule has 1 amide bonds. The fraction of sp³-hybridized carbons (Fsp3) is 0.533. The van der Waals surface area contributed by atoms with Gasteiger partial charge in [0.15, 0.2) is 0 Å². The van der Waals surface area contributed by atoms with Crippen molar-refractivity contribution in [2.75, 3.05) is 13.1 Å². The Hall–Kier alpha value is -1.35. The molecule has 0 bridgehead atoms. The van der Waals surface area contributed by atoms with Gasteiger partial charge in [-0.2, -0.15) is 0 Å². The molecule has 0 radical (unpaired) electrons. The molecule has 0 unspecified atom stereocenters. The lowest BCUT2D eigenvalue weighted by Crippen LogP contribution is -2.69. The quantitative estimate of drug-likeness (QED) is 0.863. The van der Waals surface area contributed by atoms with Crippen LogP contribution in [0.3, 0.4) is 0 Å². The highest BCUT2D eigenvalue weighted by Crippen LogP contribution is 2.43. The number of hydrogen-bond acceptors (Lipinski definition) is 2. The van der Waals surface area contributed by atoms with Crippen molar-refractivity contribution in [2.45, 2.75) is 32.2 Å². The molecule has 2 aliphatic rings. The lowest BCUT2D eigenvalue weighted by atomic mass is 9.85. The minimum atomic E-state index is -0.0899. The van der Waals surface area contributed by atoms with Gasteiger partial charge in [-0.15, -0.1) is 0 Å². The highest BCUT2D eigenvalue weighted by atomic mass is 16.2. The van der Waals surface area contributed by atoms with Crippen LogP contribution in [0.2, 0.25) is 0 Å². The number of hydrogen-bond donors (Lipinski definition) is 1. The maximum atomic E-state index is 12.4. The van der Waals surface area contributed by atoms with Gasteiger partial charge >= 0.3 is 0 Å². The maximum Gasteiger partial charge on any atom is 0.254 e. The average molecular weight is 244 g/mol. The Morgan fingerprint density at radius 1 is 1.33 bits per heavy atom. The van der Waals surface area contributed by atoms with E-state index in [1.165, 1.54) is 18.4 Å². The molecule has 0 atom stereocenters. The Balaban J connectivity index is 1.74. The van der Waals surface area contributed by atoms with Crippen LogP contribution in [0.4, 0.5) is 0 Å². The zero-order chi connectivity index (χ0) is 12.9. The molecule has 1 aromatic rings. The van der Waals surface area contributed by atoms with Crippen molar-refractivity contribution in [3.63, 3.8) is 0 Å². The number of carbonyl (C=O) groups is 1. The summed E-state index contributed by atoms with van der Waals surface area (Å²) in [7, 11) is 0. The van der Waals surface area contributed by atoms with E-state index in [1.54, 1.807) is 0 Å². The summed E-state index contributed by atoms with van der Waals surface area (Å²) >= 11 is 0. The summed E-state index contributed by atoms with van der Waals surface area (Å²) in [4.78, 5) is 14.3. The van der Waals surface area contributed by atoms with E-state index in [2.05, 4.69) is 0 Å². The first kappa shape index (κ1) is 11.7. The van der Waals surface area contributed by atoms with Gasteiger partial charge in [-0.05, 0) is 49.8 Å². The number of nitrogens with two attached hydrogens (primary N) is 1. The maximum absolute atomic E-state index is 12.4. The Kier molecular flexibility index (Phi) is 2.49. The summed E-state index contributed by atoms with van der Waals surface area (Å²) in [5.74, 6) is 0.790. The van der Waals surface area contributed by atoms with Crippen molar-refractivity contribution in [2.24, 2.45) is 11.7 Å². The summed E-state index contributed by atoms with van der Waals surface area (Å²) in [6, 6.07) is 5.91. The summed E-state index contributed by atoms with van der Waals surface area (Å²) < 4.78 is 0. The predicted molar refractivity (Wildman–Crippen MR) is 71.5 cm³/mol. The normalized spacial score (nSPS) is 21.6. The van der Waals surface area contributed by atoms with Crippen LogP contribution in [0.15, 0.2) is 18.2 Å². The molecule has 1 aliphatic carbocycles. The number of aryl methyl sites for hydroxylation is 1. The van der Waals surface area contributed by atoms with Crippen LogP contribution in [-0.4, -0.2) is 29.4 Å². The standard InChI is InChI=1S/C15H20N2O/c1-10-4-3-5-13(11(10)2)14(18)17-8-15(16,9-17)12-6-7-12/h3-5,12H,6-9,16H2,1-2H3. The second kappa shape index (κ2) is 3.82. The van der Waals surface area contributed by atoms with Gasteiger partial charge in [0.05, 0.1) is 5.54 Å². The summed E-state index contributed by atoms with van der Waals surface area (Å²) in [6.45, 7) is 5.51. The van der Waals surface area contributed by atoms with E-state index < -0.39 is 0 Å². The third-order valence-corrected chi connectivity index (χ3v) is 4.48. The second-order valence-electron chi connectivity index (χ2n) is 5.92. The third kappa shape index (κ3) is 1.74. The highest BCUT2D eigenvalue weighted by molar-refractivity contribution is 5.96. The van der Waals surface area contributed by atoms with Gasteiger partial charge in [-0.3, -0.25) is 4.79 Å². The zero-order valence-corrected chi connectivity index (χ0v) is 11.1. The first-order chi connectivity index (χ1) is 8.51. The lowest BCUT2D eigenvalue weighted by Gasteiger charge is -2.48. The minimum absolute atomic E-state index is 0.0899. The van der Waals surface area contributed by atoms with Crippen LogP contribution in [0.1, 0.15) is 34.3 Å². The zero-order valence-electron chi connectivity index (χ0n) is 11.1. The molecule has 1 aliphatic heterocycles. The second-order valence-corrected chi connectivity index (χ2v) is 5.92. The van der Waals surface area contributed by atoms with E-state index in [4.69, 9.17) is 5.73 Å². The third-order valence-electron chi connectivity index (χ3n) is 4.48. The molecule has 2 N–H and O–H groups in total. The molecule has 96 valence electrons. The molecule has 1 saturated carbocycles. The highest BCUT2D eigenvalue weighted by Gasteiger charge is 2.51. The van der Waals surface area contributed by atoms with Crippen LogP contribution in [0.25, 0.3) is 0 Å². The van der Waals surface area contributed by atoms with Crippen LogP contribution < -0.4 is 5.73 Å². The molecule has 3 heteroatoms. The van der Waals surface area contributed by atoms with Crippen molar-refractivity contribution in [1.82, 2.24) is 4.90 Å². The number of benzene rings is 1. The molecular formula is C15H20N2O. The molecule has 0 aromatic heterocycles. The number of amides is 1. The Labute approximate surface area is 108 Å². The fourth-order valence-corrected chi connectivity index (χ4v) is 2.88. The van der Waals surface area contributed by atoms with Gasteiger partial charge in [0.1, 0.15) is 0 Å². The Bertz CT molecular complexity index is 499. The summed E-state index contributed by atoms with van der Waals surface area (Å²) in [5, 5.41) is 0. The molecule has 3 rings (SSSR count). The van der Waals surface area contributed by atoms with E-state index >= 15 is 0 Å². The Morgan fingerprint density at radius 2 is 2.00 bits per heavy atom. The molecule has 3 nitrogen and oxygen atoms in total. The molecule has 1 heterocycles. The van der Waals surface area contributed by atoms with Crippen LogP contribution in [0, 0.1) is 19.8 Å². The van der Waals surface area contributed by atoms with Gasteiger partial charge in [0, 0.05) is 18.7 Å². The summed E-state index contributed by atoms with van der Waals surface area (Å²) in [6.07, 6.45) is 2.48. The SMILES string of the molecule is Cc1cccc(C(=O)N2CC(N)(C3CC3)C2)c1C. The van der Waals surface area contributed by atoms with Crippen molar-refractivity contribution in [3.05, 3.63) is 34.9 Å². The fourth-order valence-electron chi connectivity index (χ4n) is 2.88. The molecule has 18 heavy (non-hydrogen) atoms. The van der Waals surface area contributed by atoms with Gasteiger partial charge in [0.2, 0.25) is 0 Å². The average Bonchev–Trinajstić information content (AvgIpc) is 3.12. The first-order valence-corrected chi connectivity index (χ1v) is 6.66. The number of likely N-dealkylation sites (tertiary alicyclic amines) is 1.